The van der Waals surface area contributed by atoms with Gasteiger partial charge in [-0.15, -0.1) is 11.3 Å². The van der Waals surface area contributed by atoms with Crippen LogP contribution >= 0.6 is 11.3 Å². The van der Waals surface area contributed by atoms with Crippen molar-refractivity contribution in [2.75, 3.05) is 25.0 Å². The Kier molecular flexibility index (Phi) is 6.12. The van der Waals surface area contributed by atoms with Crippen LogP contribution in [0.1, 0.15) is 18.4 Å². The van der Waals surface area contributed by atoms with E-state index in [2.05, 4.69) is 63.8 Å². The van der Waals surface area contributed by atoms with Crippen LogP contribution in [0.3, 0.4) is 0 Å². The second-order valence-electron chi connectivity index (χ2n) is 8.29. The molecule has 3 heterocycles. The van der Waals surface area contributed by atoms with Gasteiger partial charge in [0.15, 0.2) is 0 Å². The summed E-state index contributed by atoms with van der Waals surface area (Å²) in [4.78, 5) is 25.7. The summed E-state index contributed by atoms with van der Waals surface area (Å²) < 4.78 is 0. The molecule has 0 bridgehead atoms. The van der Waals surface area contributed by atoms with Gasteiger partial charge in [0, 0.05) is 18.0 Å². The first-order chi connectivity index (χ1) is 15.8. The van der Waals surface area contributed by atoms with Crippen LogP contribution in [0, 0.1) is 5.92 Å². The number of thiophene rings is 1. The van der Waals surface area contributed by atoms with Gasteiger partial charge in [0.1, 0.15) is 17.0 Å². The summed E-state index contributed by atoms with van der Waals surface area (Å²) in [5.74, 6) is 1.51. The van der Waals surface area contributed by atoms with E-state index in [4.69, 9.17) is 0 Å². The third-order valence-corrected chi connectivity index (χ3v) is 7.22. The lowest BCUT2D eigenvalue weighted by molar-refractivity contribution is -0.130. The Bertz CT molecular complexity index is 1180. The first kappa shape index (κ1) is 20.6. The number of fused-ring (bicyclic) bond motifs is 1. The molecule has 2 aromatic heterocycles. The van der Waals surface area contributed by atoms with Crippen molar-refractivity contribution in [3.63, 3.8) is 0 Å². The molecule has 0 radical (unpaired) electrons. The number of hydrogen-bond donors (Lipinski definition) is 1. The van der Waals surface area contributed by atoms with Crippen LogP contribution in [0.4, 0.5) is 5.82 Å². The summed E-state index contributed by atoms with van der Waals surface area (Å²) in [6, 6.07) is 23.0. The molecule has 1 aliphatic heterocycles. The van der Waals surface area contributed by atoms with Crippen molar-refractivity contribution < 1.29 is 4.79 Å². The Balaban J connectivity index is 1.19. The quantitative estimate of drug-likeness (QED) is 0.443. The fourth-order valence-corrected chi connectivity index (χ4v) is 5.35. The van der Waals surface area contributed by atoms with Crippen molar-refractivity contribution in [2.45, 2.75) is 19.3 Å². The van der Waals surface area contributed by atoms with Gasteiger partial charge in [-0.25, -0.2) is 9.97 Å². The zero-order chi connectivity index (χ0) is 21.8. The monoisotopic (exact) mass is 442 g/mol. The Morgan fingerprint density at radius 1 is 1.00 bits per heavy atom. The molecule has 1 amide bonds. The fraction of sp³-hybridized carbons (Fsp3) is 0.269. The number of rotatable bonds is 6. The lowest BCUT2D eigenvalue weighted by atomic mass is 9.90. The molecule has 0 aliphatic carbocycles. The van der Waals surface area contributed by atoms with Crippen LogP contribution in [0.5, 0.6) is 0 Å². The molecule has 1 saturated heterocycles. The van der Waals surface area contributed by atoms with Gasteiger partial charge in [-0.1, -0.05) is 60.7 Å². The fourth-order valence-electron chi connectivity index (χ4n) is 4.35. The van der Waals surface area contributed by atoms with Gasteiger partial charge in [0.25, 0.3) is 0 Å². The average molecular weight is 443 g/mol. The summed E-state index contributed by atoms with van der Waals surface area (Å²) in [5.41, 5.74) is 2.55. The predicted octanol–water partition coefficient (Wildman–Crippen LogP) is 5.25. The number of nitrogens with zero attached hydrogens (tertiary/aromatic N) is 3. The van der Waals surface area contributed by atoms with Crippen LogP contribution in [0.25, 0.3) is 20.7 Å². The molecule has 32 heavy (non-hydrogen) atoms. The number of carbonyl (C=O) groups is 1. The first-order valence-corrected chi connectivity index (χ1v) is 11.9. The Hall–Kier alpha value is -3.25. The summed E-state index contributed by atoms with van der Waals surface area (Å²) in [6.07, 6.45) is 4.78. The Morgan fingerprint density at radius 2 is 1.72 bits per heavy atom. The number of aromatic nitrogens is 2. The van der Waals surface area contributed by atoms with Gasteiger partial charge in [-0.3, -0.25) is 4.79 Å². The Labute approximate surface area is 192 Å². The molecule has 0 atom stereocenters. The molecule has 0 unspecified atom stereocenters. The van der Waals surface area contributed by atoms with E-state index in [-0.39, 0.29) is 12.5 Å². The lowest BCUT2D eigenvalue weighted by Crippen LogP contribution is -2.41. The lowest BCUT2D eigenvalue weighted by Gasteiger charge is -2.32. The van der Waals surface area contributed by atoms with E-state index in [1.54, 1.807) is 17.7 Å². The number of carbonyl (C=O) groups excluding carboxylic acids is 1. The largest absolute Gasteiger partial charge is 0.360 e. The molecule has 0 spiro atoms. The molecule has 2 aromatic carbocycles. The van der Waals surface area contributed by atoms with Gasteiger partial charge in [0.2, 0.25) is 5.91 Å². The van der Waals surface area contributed by atoms with E-state index in [1.807, 2.05) is 23.1 Å². The van der Waals surface area contributed by atoms with E-state index < -0.39 is 0 Å². The van der Waals surface area contributed by atoms with Gasteiger partial charge in [0.05, 0.1) is 11.9 Å². The highest BCUT2D eigenvalue weighted by molar-refractivity contribution is 7.21. The van der Waals surface area contributed by atoms with Crippen LogP contribution in [0.2, 0.25) is 0 Å². The third kappa shape index (κ3) is 4.65. The topological polar surface area (TPSA) is 58.1 Å². The molecule has 4 aromatic rings. The minimum absolute atomic E-state index is 0.133. The normalized spacial score (nSPS) is 14.6. The molecule has 1 N–H and O–H groups in total. The van der Waals surface area contributed by atoms with Crippen molar-refractivity contribution >= 4 is 33.3 Å². The maximum absolute atomic E-state index is 12.8. The molecular formula is C26H26N4OS. The number of piperidine rings is 1. The van der Waals surface area contributed by atoms with E-state index >= 15 is 0 Å². The highest BCUT2D eigenvalue weighted by Gasteiger charge is 2.23. The van der Waals surface area contributed by atoms with Gasteiger partial charge in [-0.05, 0) is 42.4 Å². The molecule has 0 saturated carbocycles. The zero-order valence-electron chi connectivity index (χ0n) is 17.9. The van der Waals surface area contributed by atoms with E-state index in [0.29, 0.717) is 5.92 Å². The number of hydrogen-bond acceptors (Lipinski definition) is 5. The SMILES string of the molecule is O=C(CNc1ncnc2sc(-c3ccccc3)cc12)N1CCC(Cc2ccccc2)CC1. The summed E-state index contributed by atoms with van der Waals surface area (Å²) >= 11 is 1.64. The van der Waals surface area contributed by atoms with E-state index in [1.165, 1.54) is 5.56 Å². The number of likely N-dealkylation sites (tertiary alicyclic amines) is 1. The Morgan fingerprint density at radius 3 is 2.47 bits per heavy atom. The second kappa shape index (κ2) is 9.49. The van der Waals surface area contributed by atoms with Gasteiger partial charge in [-0.2, -0.15) is 0 Å². The standard InChI is InChI=1S/C26H26N4OS/c31-24(30-13-11-20(12-14-30)15-19-7-3-1-4-8-19)17-27-25-22-16-23(21-9-5-2-6-10-21)32-26(22)29-18-28-25/h1-10,16,18,20H,11-15,17H2,(H,27,28,29). The molecule has 6 heteroatoms. The van der Waals surface area contributed by atoms with E-state index in [0.717, 1.165) is 58.8 Å². The zero-order valence-corrected chi connectivity index (χ0v) is 18.7. The smallest absolute Gasteiger partial charge is 0.241 e. The highest BCUT2D eigenvalue weighted by atomic mass is 32.1. The third-order valence-electron chi connectivity index (χ3n) is 6.13. The van der Waals surface area contributed by atoms with Crippen LogP contribution in [-0.2, 0) is 11.2 Å². The van der Waals surface area contributed by atoms with Crippen molar-refractivity contribution in [3.8, 4) is 10.4 Å². The van der Waals surface area contributed by atoms with Crippen LogP contribution in [0.15, 0.2) is 73.1 Å². The summed E-state index contributed by atoms with van der Waals surface area (Å²) in [6.45, 7) is 1.91. The summed E-state index contributed by atoms with van der Waals surface area (Å²) in [5, 5.41) is 4.23. The molecule has 162 valence electrons. The molecule has 1 fully saturated rings. The molecule has 1 aliphatic rings. The number of anilines is 1. The molecule has 5 rings (SSSR count). The number of nitrogens with one attached hydrogen (secondary N) is 1. The van der Waals surface area contributed by atoms with E-state index in [9.17, 15) is 4.79 Å². The maximum atomic E-state index is 12.8. The average Bonchev–Trinajstić information content (AvgIpc) is 3.29. The van der Waals surface area contributed by atoms with Crippen molar-refractivity contribution in [2.24, 2.45) is 5.92 Å². The maximum Gasteiger partial charge on any atom is 0.241 e. The summed E-state index contributed by atoms with van der Waals surface area (Å²) in [7, 11) is 0. The molecular weight excluding hydrogens is 416 g/mol. The van der Waals surface area contributed by atoms with Crippen LogP contribution < -0.4 is 5.32 Å². The second-order valence-corrected chi connectivity index (χ2v) is 9.32. The van der Waals surface area contributed by atoms with Crippen LogP contribution in [-0.4, -0.2) is 40.4 Å². The first-order valence-electron chi connectivity index (χ1n) is 11.1. The minimum atomic E-state index is 0.133. The van der Waals surface area contributed by atoms with Gasteiger partial charge >= 0.3 is 0 Å². The van der Waals surface area contributed by atoms with Crippen molar-refractivity contribution in [1.82, 2.24) is 14.9 Å². The molecule has 5 nitrogen and oxygen atoms in total. The number of amides is 1. The predicted molar refractivity (Wildman–Crippen MR) is 131 cm³/mol. The minimum Gasteiger partial charge on any atom is -0.360 e. The van der Waals surface area contributed by atoms with Crippen molar-refractivity contribution in [1.29, 1.82) is 0 Å². The van der Waals surface area contributed by atoms with Gasteiger partial charge < -0.3 is 10.2 Å². The van der Waals surface area contributed by atoms with Crippen molar-refractivity contribution in [3.05, 3.63) is 78.6 Å². The highest BCUT2D eigenvalue weighted by Crippen LogP contribution is 2.34. The number of benzene rings is 2.